The molecule has 3 heteroatoms. The molecule has 1 heterocycles. The quantitative estimate of drug-likeness (QED) is 0.912. The van der Waals surface area contributed by atoms with Crippen LogP contribution in [0.1, 0.15) is 58.4 Å². The van der Waals surface area contributed by atoms with Crippen molar-refractivity contribution in [2.75, 3.05) is 13.2 Å². The summed E-state index contributed by atoms with van der Waals surface area (Å²) in [6.07, 6.45) is 7.53. The van der Waals surface area contributed by atoms with E-state index in [2.05, 4.69) is 31.8 Å². The lowest BCUT2D eigenvalue weighted by atomic mass is 9.64. The molecule has 2 rings (SSSR count). The minimum Gasteiger partial charge on any atom is -0.492 e. The van der Waals surface area contributed by atoms with E-state index in [0.717, 1.165) is 18.2 Å². The van der Waals surface area contributed by atoms with E-state index in [0.29, 0.717) is 23.9 Å². The van der Waals surface area contributed by atoms with E-state index in [1.54, 1.807) is 6.20 Å². The van der Waals surface area contributed by atoms with Crippen molar-refractivity contribution in [1.82, 2.24) is 4.98 Å². The van der Waals surface area contributed by atoms with Crippen LogP contribution in [0, 0.1) is 17.3 Å². The first kappa shape index (κ1) is 16.3. The van der Waals surface area contributed by atoms with Crippen molar-refractivity contribution in [3.05, 3.63) is 24.0 Å². The van der Waals surface area contributed by atoms with Crippen LogP contribution in [0.25, 0.3) is 0 Å². The van der Waals surface area contributed by atoms with Crippen molar-refractivity contribution in [3.8, 4) is 5.75 Å². The van der Waals surface area contributed by atoms with E-state index in [9.17, 15) is 0 Å². The van der Waals surface area contributed by atoms with Crippen LogP contribution in [0.2, 0.25) is 0 Å². The minimum absolute atomic E-state index is 0.364. The Labute approximate surface area is 129 Å². The van der Waals surface area contributed by atoms with Gasteiger partial charge in [0, 0.05) is 6.20 Å². The Kier molecular flexibility index (Phi) is 5.26. The maximum Gasteiger partial charge on any atom is 0.137 e. The van der Waals surface area contributed by atoms with Crippen LogP contribution < -0.4 is 10.5 Å². The minimum atomic E-state index is 0.364. The molecule has 1 saturated carbocycles. The first-order valence-electron chi connectivity index (χ1n) is 8.23. The largest absolute Gasteiger partial charge is 0.492 e. The second-order valence-corrected chi connectivity index (χ2v) is 7.37. The molecular formula is C18H30N2O. The summed E-state index contributed by atoms with van der Waals surface area (Å²) in [5, 5.41) is 0. The van der Waals surface area contributed by atoms with E-state index < -0.39 is 0 Å². The molecule has 2 N–H and O–H groups in total. The topological polar surface area (TPSA) is 48.1 Å². The van der Waals surface area contributed by atoms with Gasteiger partial charge < -0.3 is 10.5 Å². The third-order valence-corrected chi connectivity index (χ3v) is 4.99. The molecule has 0 saturated heterocycles. The molecular weight excluding hydrogens is 260 g/mol. The normalized spacial score (nSPS) is 26.6. The summed E-state index contributed by atoms with van der Waals surface area (Å²) in [5.41, 5.74) is 7.69. The van der Waals surface area contributed by atoms with E-state index in [1.807, 2.05) is 13.1 Å². The predicted molar refractivity (Wildman–Crippen MR) is 87.5 cm³/mol. The predicted octanol–water partition coefficient (Wildman–Crippen LogP) is 3.99. The van der Waals surface area contributed by atoms with E-state index in [-0.39, 0.29) is 0 Å². The van der Waals surface area contributed by atoms with E-state index >= 15 is 0 Å². The first-order valence-corrected chi connectivity index (χ1v) is 8.23. The summed E-state index contributed by atoms with van der Waals surface area (Å²) in [5.74, 6) is 2.72. The molecule has 0 spiro atoms. The molecule has 118 valence electrons. The van der Waals surface area contributed by atoms with Crippen molar-refractivity contribution in [3.63, 3.8) is 0 Å². The van der Waals surface area contributed by atoms with Crippen LogP contribution in [0.4, 0.5) is 0 Å². The lowest BCUT2D eigenvalue weighted by Crippen LogP contribution is -2.34. The van der Waals surface area contributed by atoms with Crippen molar-refractivity contribution < 1.29 is 4.74 Å². The number of nitrogens with zero attached hydrogens (tertiary/aromatic N) is 1. The second kappa shape index (κ2) is 6.78. The summed E-state index contributed by atoms with van der Waals surface area (Å²) in [6.45, 7) is 10.5. The van der Waals surface area contributed by atoms with Crippen LogP contribution in [-0.2, 0) is 0 Å². The Morgan fingerprint density at radius 1 is 1.29 bits per heavy atom. The SMILES string of the molecule is CCOc1cncc(C2CC(C(C)(C)C)CCC2CN)c1. The molecule has 0 aliphatic heterocycles. The number of nitrogens with two attached hydrogens (primary N) is 1. The molecule has 1 aliphatic rings. The zero-order valence-corrected chi connectivity index (χ0v) is 13.9. The van der Waals surface area contributed by atoms with Crippen LogP contribution in [0.5, 0.6) is 5.75 Å². The van der Waals surface area contributed by atoms with Crippen LogP contribution >= 0.6 is 0 Å². The molecule has 21 heavy (non-hydrogen) atoms. The van der Waals surface area contributed by atoms with Gasteiger partial charge in [-0.05, 0) is 67.5 Å². The highest BCUT2D eigenvalue weighted by atomic mass is 16.5. The fraction of sp³-hybridized carbons (Fsp3) is 0.722. The molecule has 0 bridgehead atoms. The highest BCUT2D eigenvalue weighted by Crippen LogP contribution is 2.46. The van der Waals surface area contributed by atoms with Crippen molar-refractivity contribution >= 4 is 0 Å². The highest BCUT2D eigenvalue weighted by molar-refractivity contribution is 5.27. The molecule has 3 nitrogen and oxygen atoms in total. The molecule has 0 amide bonds. The number of ether oxygens (including phenoxy) is 1. The zero-order chi connectivity index (χ0) is 15.5. The van der Waals surface area contributed by atoms with Gasteiger partial charge in [-0.3, -0.25) is 4.98 Å². The molecule has 3 atom stereocenters. The average Bonchev–Trinajstić information content (AvgIpc) is 2.46. The average molecular weight is 290 g/mol. The highest BCUT2D eigenvalue weighted by Gasteiger charge is 2.36. The third-order valence-electron chi connectivity index (χ3n) is 4.99. The summed E-state index contributed by atoms with van der Waals surface area (Å²) in [7, 11) is 0. The van der Waals surface area contributed by atoms with Gasteiger partial charge in [-0.25, -0.2) is 0 Å². The van der Waals surface area contributed by atoms with Gasteiger partial charge in [-0.1, -0.05) is 20.8 Å². The van der Waals surface area contributed by atoms with Crippen molar-refractivity contribution in [2.24, 2.45) is 23.0 Å². The fourth-order valence-electron chi connectivity index (χ4n) is 3.59. The maximum absolute atomic E-state index is 6.03. The number of hydrogen-bond donors (Lipinski definition) is 1. The van der Waals surface area contributed by atoms with Gasteiger partial charge in [0.05, 0.1) is 12.8 Å². The van der Waals surface area contributed by atoms with Gasteiger partial charge in [-0.15, -0.1) is 0 Å². The summed E-state index contributed by atoms with van der Waals surface area (Å²) in [4.78, 5) is 4.37. The van der Waals surface area contributed by atoms with Gasteiger partial charge in [0.1, 0.15) is 5.75 Å². The van der Waals surface area contributed by atoms with E-state index in [4.69, 9.17) is 10.5 Å². The summed E-state index contributed by atoms with van der Waals surface area (Å²) < 4.78 is 5.61. The van der Waals surface area contributed by atoms with Gasteiger partial charge in [-0.2, -0.15) is 0 Å². The standard InChI is InChI=1S/C18H30N2O/c1-5-21-16-8-14(11-20-12-16)17-9-15(18(2,3)4)7-6-13(17)10-19/h8,11-13,15,17H,5-7,9-10,19H2,1-4H3. The maximum atomic E-state index is 6.03. The number of pyridine rings is 1. The summed E-state index contributed by atoms with van der Waals surface area (Å²) >= 11 is 0. The van der Waals surface area contributed by atoms with Gasteiger partial charge in [0.2, 0.25) is 0 Å². The smallest absolute Gasteiger partial charge is 0.137 e. The summed E-state index contributed by atoms with van der Waals surface area (Å²) in [6, 6.07) is 2.16. The Hall–Kier alpha value is -1.09. The zero-order valence-electron chi connectivity index (χ0n) is 13.9. The molecule has 1 aromatic rings. The van der Waals surface area contributed by atoms with Gasteiger partial charge in [0.15, 0.2) is 0 Å². The number of hydrogen-bond acceptors (Lipinski definition) is 3. The van der Waals surface area contributed by atoms with Crippen molar-refractivity contribution in [2.45, 2.75) is 52.9 Å². The third kappa shape index (κ3) is 3.97. The van der Waals surface area contributed by atoms with Gasteiger partial charge in [0.25, 0.3) is 0 Å². The first-order chi connectivity index (χ1) is 9.95. The molecule has 0 aromatic carbocycles. The Morgan fingerprint density at radius 3 is 2.67 bits per heavy atom. The molecule has 1 fully saturated rings. The molecule has 1 aromatic heterocycles. The lowest BCUT2D eigenvalue weighted by Gasteiger charge is -2.41. The van der Waals surface area contributed by atoms with E-state index in [1.165, 1.54) is 24.8 Å². The molecule has 1 aliphatic carbocycles. The van der Waals surface area contributed by atoms with Crippen LogP contribution in [0.15, 0.2) is 18.5 Å². The second-order valence-electron chi connectivity index (χ2n) is 7.37. The van der Waals surface area contributed by atoms with Gasteiger partial charge >= 0.3 is 0 Å². The number of aromatic nitrogens is 1. The Bertz CT molecular complexity index is 453. The Balaban J connectivity index is 2.22. The van der Waals surface area contributed by atoms with Crippen LogP contribution in [-0.4, -0.2) is 18.1 Å². The number of rotatable bonds is 4. The lowest BCUT2D eigenvalue weighted by molar-refractivity contribution is 0.133. The molecule has 0 radical (unpaired) electrons. The van der Waals surface area contributed by atoms with Crippen molar-refractivity contribution in [1.29, 1.82) is 0 Å². The molecule has 3 unspecified atom stereocenters. The Morgan fingerprint density at radius 2 is 2.05 bits per heavy atom. The monoisotopic (exact) mass is 290 g/mol. The van der Waals surface area contributed by atoms with Crippen LogP contribution in [0.3, 0.4) is 0 Å². The fourth-order valence-corrected chi connectivity index (χ4v) is 3.59.